The van der Waals surface area contributed by atoms with Crippen LogP contribution in [0.15, 0.2) is 48.8 Å². The van der Waals surface area contributed by atoms with Gasteiger partial charge in [0.05, 0.1) is 0 Å². The molecule has 3 rings (SSSR count). The minimum Gasteiger partial charge on any atom is -0.351 e. The predicted molar refractivity (Wildman–Crippen MR) is 63.2 cm³/mol. The molecule has 15 heavy (non-hydrogen) atoms. The van der Waals surface area contributed by atoms with Crippen molar-refractivity contribution in [3.8, 4) is 0 Å². The maximum atomic E-state index is 2.86. The van der Waals surface area contributed by atoms with E-state index in [9.17, 15) is 0 Å². The smallest absolute Gasteiger partial charge is 0.0477 e. The van der Waals surface area contributed by atoms with E-state index < -0.39 is 0 Å². The van der Waals surface area contributed by atoms with Crippen molar-refractivity contribution >= 4 is 10.9 Å². The Bertz CT molecular complexity index is 451. The lowest BCUT2D eigenvalue weighted by atomic mass is 10.2. The Labute approximate surface area is 89.4 Å². The summed E-state index contributed by atoms with van der Waals surface area (Å²) in [6.07, 6.45) is 5.96. The summed E-state index contributed by atoms with van der Waals surface area (Å²) in [7, 11) is 2.06. The number of nitrogens with one attached hydrogen (secondary N) is 2. The Morgan fingerprint density at radius 1 is 1.20 bits per heavy atom. The fraction of sp³-hybridized carbons (Fsp3) is 0.167. The Balaban J connectivity index is 0.000000144. The SMILES string of the molecule is C1=CNNC1.Cn1ccc2ccccc21. The fourth-order valence-corrected chi connectivity index (χ4v) is 1.52. The molecule has 1 aromatic heterocycles. The molecule has 1 aliphatic heterocycles. The molecule has 2 heterocycles. The van der Waals surface area contributed by atoms with Gasteiger partial charge in [-0.1, -0.05) is 24.3 Å². The molecule has 0 aliphatic carbocycles. The Hall–Kier alpha value is -1.74. The third kappa shape index (κ3) is 2.39. The summed E-state index contributed by atoms with van der Waals surface area (Å²) in [6.45, 7) is 0.958. The normalized spacial score (nSPS) is 13.4. The molecule has 0 saturated carbocycles. The summed E-state index contributed by atoms with van der Waals surface area (Å²) >= 11 is 0. The largest absolute Gasteiger partial charge is 0.351 e. The van der Waals surface area contributed by atoms with Gasteiger partial charge >= 0.3 is 0 Å². The number of fused-ring (bicyclic) bond motifs is 1. The van der Waals surface area contributed by atoms with E-state index in [2.05, 4.69) is 59.0 Å². The Morgan fingerprint density at radius 3 is 2.67 bits per heavy atom. The van der Waals surface area contributed by atoms with Gasteiger partial charge in [-0.25, -0.2) is 5.43 Å². The molecule has 0 radical (unpaired) electrons. The molecule has 3 nitrogen and oxygen atoms in total. The second kappa shape index (κ2) is 4.66. The number of benzene rings is 1. The number of hydrogen-bond acceptors (Lipinski definition) is 2. The van der Waals surface area contributed by atoms with E-state index in [0.29, 0.717) is 0 Å². The lowest BCUT2D eigenvalue weighted by Crippen LogP contribution is -2.19. The van der Waals surface area contributed by atoms with Gasteiger partial charge in [-0.15, -0.1) is 0 Å². The van der Waals surface area contributed by atoms with Gasteiger partial charge in [-0.3, -0.25) is 0 Å². The highest BCUT2D eigenvalue weighted by Gasteiger charge is 1.92. The average molecular weight is 201 g/mol. The molecule has 0 bridgehead atoms. The molecule has 78 valence electrons. The van der Waals surface area contributed by atoms with Crippen molar-refractivity contribution in [2.75, 3.05) is 6.54 Å². The number of rotatable bonds is 0. The number of hydrazine groups is 1. The average Bonchev–Trinajstić information content (AvgIpc) is 2.92. The van der Waals surface area contributed by atoms with Crippen molar-refractivity contribution in [2.45, 2.75) is 0 Å². The van der Waals surface area contributed by atoms with E-state index in [1.165, 1.54) is 10.9 Å². The highest BCUT2D eigenvalue weighted by Crippen LogP contribution is 2.12. The van der Waals surface area contributed by atoms with Gasteiger partial charge in [0.25, 0.3) is 0 Å². The van der Waals surface area contributed by atoms with Crippen LogP contribution in [0.1, 0.15) is 0 Å². The highest BCUT2D eigenvalue weighted by molar-refractivity contribution is 5.79. The highest BCUT2D eigenvalue weighted by atomic mass is 15.4. The minimum absolute atomic E-state index is 0.958. The van der Waals surface area contributed by atoms with Gasteiger partial charge in [-0.05, 0) is 17.5 Å². The van der Waals surface area contributed by atoms with Crippen LogP contribution in [0, 0.1) is 0 Å². The van der Waals surface area contributed by atoms with E-state index in [0.717, 1.165) is 6.54 Å². The predicted octanol–water partition coefficient (Wildman–Crippen LogP) is 1.79. The first kappa shape index (κ1) is 9.80. The molecule has 0 spiro atoms. The van der Waals surface area contributed by atoms with Crippen LogP contribution < -0.4 is 10.9 Å². The molecule has 0 saturated heterocycles. The van der Waals surface area contributed by atoms with Crippen LogP contribution in [-0.2, 0) is 7.05 Å². The lowest BCUT2D eigenvalue weighted by molar-refractivity contribution is 0.727. The van der Waals surface area contributed by atoms with Crippen molar-refractivity contribution < 1.29 is 0 Å². The first-order valence-electron chi connectivity index (χ1n) is 5.01. The van der Waals surface area contributed by atoms with Gasteiger partial charge in [-0.2, -0.15) is 0 Å². The van der Waals surface area contributed by atoms with Crippen LogP contribution in [0.4, 0.5) is 0 Å². The summed E-state index contributed by atoms with van der Waals surface area (Å²) in [4.78, 5) is 0. The van der Waals surface area contributed by atoms with Gasteiger partial charge in [0.1, 0.15) is 0 Å². The molecule has 2 aromatic rings. The zero-order valence-electron chi connectivity index (χ0n) is 8.77. The molecule has 0 fully saturated rings. The molecule has 0 atom stereocenters. The Kier molecular flexibility index (Phi) is 3.05. The lowest BCUT2D eigenvalue weighted by Gasteiger charge is -1.92. The van der Waals surface area contributed by atoms with E-state index in [-0.39, 0.29) is 0 Å². The van der Waals surface area contributed by atoms with Crippen molar-refractivity contribution in [3.63, 3.8) is 0 Å². The summed E-state index contributed by atoms with van der Waals surface area (Å²) < 4.78 is 2.12. The number of hydrogen-bond donors (Lipinski definition) is 2. The molecule has 0 amide bonds. The number of aromatic nitrogens is 1. The van der Waals surface area contributed by atoms with Crippen LogP contribution >= 0.6 is 0 Å². The van der Waals surface area contributed by atoms with Gasteiger partial charge in [0, 0.05) is 31.5 Å². The third-order valence-corrected chi connectivity index (χ3v) is 2.32. The van der Waals surface area contributed by atoms with Crippen LogP contribution in [0.5, 0.6) is 0 Å². The van der Waals surface area contributed by atoms with Crippen molar-refractivity contribution in [2.24, 2.45) is 7.05 Å². The van der Waals surface area contributed by atoms with Gasteiger partial charge in [0.15, 0.2) is 0 Å². The Morgan fingerprint density at radius 2 is 2.07 bits per heavy atom. The van der Waals surface area contributed by atoms with E-state index in [1.807, 2.05) is 12.3 Å². The van der Waals surface area contributed by atoms with Crippen LogP contribution in [0.25, 0.3) is 10.9 Å². The quantitative estimate of drug-likeness (QED) is 0.680. The topological polar surface area (TPSA) is 29.0 Å². The molecule has 3 heteroatoms. The zero-order valence-corrected chi connectivity index (χ0v) is 8.77. The third-order valence-electron chi connectivity index (χ3n) is 2.32. The van der Waals surface area contributed by atoms with E-state index in [1.54, 1.807) is 0 Å². The van der Waals surface area contributed by atoms with Crippen molar-refractivity contribution in [3.05, 3.63) is 48.8 Å². The summed E-state index contributed by atoms with van der Waals surface area (Å²) in [5.74, 6) is 0. The summed E-state index contributed by atoms with van der Waals surface area (Å²) in [6, 6.07) is 10.5. The maximum absolute atomic E-state index is 2.86. The van der Waals surface area contributed by atoms with E-state index in [4.69, 9.17) is 0 Å². The van der Waals surface area contributed by atoms with Crippen LogP contribution in [0.2, 0.25) is 0 Å². The molecular weight excluding hydrogens is 186 g/mol. The molecular formula is C12H15N3. The zero-order chi connectivity index (χ0) is 10.5. The van der Waals surface area contributed by atoms with Crippen LogP contribution in [-0.4, -0.2) is 11.1 Å². The van der Waals surface area contributed by atoms with E-state index >= 15 is 0 Å². The number of nitrogens with zero attached hydrogens (tertiary/aromatic N) is 1. The van der Waals surface area contributed by atoms with Gasteiger partial charge in [0.2, 0.25) is 0 Å². The van der Waals surface area contributed by atoms with Gasteiger partial charge < -0.3 is 9.99 Å². The second-order valence-corrected chi connectivity index (χ2v) is 3.41. The number of aryl methyl sites for hydroxylation is 1. The first-order valence-corrected chi connectivity index (χ1v) is 5.01. The minimum atomic E-state index is 0.958. The monoisotopic (exact) mass is 201 g/mol. The van der Waals surface area contributed by atoms with Crippen molar-refractivity contribution in [1.29, 1.82) is 0 Å². The van der Waals surface area contributed by atoms with Crippen LogP contribution in [0.3, 0.4) is 0 Å². The molecule has 1 aromatic carbocycles. The fourth-order valence-electron chi connectivity index (χ4n) is 1.52. The molecule has 0 unspecified atom stereocenters. The maximum Gasteiger partial charge on any atom is 0.0477 e. The van der Waals surface area contributed by atoms with Crippen molar-refractivity contribution in [1.82, 2.24) is 15.4 Å². The number of para-hydroxylation sites is 1. The molecule has 1 aliphatic rings. The summed E-state index contributed by atoms with van der Waals surface area (Å²) in [5, 5.41) is 1.31. The molecule has 2 N–H and O–H groups in total. The first-order chi connectivity index (χ1) is 7.38. The second-order valence-electron chi connectivity index (χ2n) is 3.41. The standard InChI is InChI=1S/C9H9N.C3H6N2/c1-10-7-6-8-4-2-3-5-9(8)10;1-2-4-5-3-1/h2-7H,1H3;1-2,4-5H,3H2. The summed E-state index contributed by atoms with van der Waals surface area (Å²) in [5.41, 5.74) is 6.95.